The summed E-state index contributed by atoms with van der Waals surface area (Å²) in [6.07, 6.45) is -4.46. The lowest BCUT2D eigenvalue weighted by Crippen LogP contribution is -2.20. The van der Waals surface area contributed by atoms with Crippen molar-refractivity contribution in [3.63, 3.8) is 0 Å². The van der Waals surface area contributed by atoms with Crippen molar-refractivity contribution in [3.05, 3.63) is 84.4 Å². The van der Waals surface area contributed by atoms with Gasteiger partial charge in [0.15, 0.2) is 6.61 Å². The van der Waals surface area contributed by atoms with Gasteiger partial charge in [0, 0.05) is 5.69 Å². The van der Waals surface area contributed by atoms with Gasteiger partial charge in [-0.2, -0.15) is 13.2 Å². The number of carbonyl (C=O) groups excluding carboxylic acids is 1. The van der Waals surface area contributed by atoms with E-state index in [1.165, 1.54) is 12.1 Å². The molecule has 3 rings (SSSR count). The number of carbonyl (C=O) groups is 1. The number of halogens is 3. The Bertz CT molecular complexity index is 907. The Labute approximate surface area is 154 Å². The van der Waals surface area contributed by atoms with Gasteiger partial charge in [0.25, 0.3) is 5.91 Å². The van der Waals surface area contributed by atoms with Crippen LogP contribution in [0.2, 0.25) is 0 Å². The molecule has 0 atom stereocenters. The van der Waals surface area contributed by atoms with Gasteiger partial charge in [-0.3, -0.25) is 4.79 Å². The quantitative estimate of drug-likeness (QED) is 0.653. The largest absolute Gasteiger partial charge is 0.484 e. The van der Waals surface area contributed by atoms with Crippen molar-refractivity contribution in [2.45, 2.75) is 6.18 Å². The molecule has 0 aliphatic heterocycles. The predicted molar refractivity (Wildman–Crippen MR) is 97.4 cm³/mol. The highest BCUT2D eigenvalue weighted by molar-refractivity contribution is 5.92. The molecule has 0 aliphatic carbocycles. The second kappa shape index (κ2) is 7.95. The van der Waals surface area contributed by atoms with Crippen molar-refractivity contribution in [3.8, 4) is 16.9 Å². The first-order chi connectivity index (χ1) is 12.9. The van der Waals surface area contributed by atoms with Crippen LogP contribution in [-0.4, -0.2) is 12.5 Å². The molecular formula is C21H16F3NO2. The zero-order valence-electron chi connectivity index (χ0n) is 14.2. The van der Waals surface area contributed by atoms with E-state index in [1.54, 1.807) is 12.1 Å². The fourth-order valence-corrected chi connectivity index (χ4v) is 2.49. The van der Waals surface area contributed by atoms with E-state index < -0.39 is 17.6 Å². The van der Waals surface area contributed by atoms with E-state index in [1.807, 2.05) is 42.5 Å². The van der Waals surface area contributed by atoms with E-state index in [-0.39, 0.29) is 12.3 Å². The molecule has 1 N–H and O–H groups in total. The van der Waals surface area contributed by atoms with Gasteiger partial charge in [-0.1, -0.05) is 48.5 Å². The topological polar surface area (TPSA) is 38.3 Å². The number of ether oxygens (including phenoxy) is 1. The molecule has 0 saturated heterocycles. The van der Waals surface area contributed by atoms with E-state index in [2.05, 4.69) is 5.32 Å². The normalized spacial score (nSPS) is 11.1. The third-order valence-electron chi connectivity index (χ3n) is 3.81. The Morgan fingerprint density at radius 3 is 2.19 bits per heavy atom. The van der Waals surface area contributed by atoms with Gasteiger partial charge in [0.05, 0.1) is 5.56 Å². The van der Waals surface area contributed by atoms with Gasteiger partial charge in [0.2, 0.25) is 0 Å². The molecular weight excluding hydrogens is 355 g/mol. The van der Waals surface area contributed by atoms with Gasteiger partial charge in [-0.25, -0.2) is 0 Å². The summed E-state index contributed by atoms with van der Waals surface area (Å²) >= 11 is 0. The molecule has 1 amide bonds. The second-order valence-corrected chi connectivity index (χ2v) is 5.81. The highest BCUT2D eigenvalue weighted by Gasteiger charge is 2.30. The lowest BCUT2D eigenvalue weighted by Gasteiger charge is -2.11. The van der Waals surface area contributed by atoms with Gasteiger partial charge in [0.1, 0.15) is 5.75 Å². The van der Waals surface area contributed by atoms with E-state index in [4.69, 9.17) is 4.74 Å². The summed E-state index contributed by atoms with van der Waals surface area (Å²) in [7, 11) is 0. The standard InChI is InChI=1S/C21H16F3NO2/c22-21(23,24)17-7-4-8-18(13-17)25-20(26)14-27-19-11-9-16(10-12-19)15-5-2-1-3-6-15/h1-13H,14H2,(H,25,26). The monoisotopic (exact) mass is 371 g/mol. The fraction of sp³-hybridized carbons (Fsp3) is 0.0952. The Kier molecular flexibility index (Phi) is 5.45. The molecule has 0 aromatic heterocycles. The number of alkyl halides is 3. The SMILES string of the molecule is O=C(COc1ccc(-c2ccccc2)cc1)Nc1cccc(C(F)(F)F)c1. The van der Waals surface area contributed by atoms with Gasteiger partial charge in [-0.05, 0) is 41.5 Å². The summed E-state index contributed by atoms with van der Waals surface area (Å²) in [6.45, 7) is -0.305. The van der Waals surface area contributed by atoms with E-state index in [0.717, 1.165) is 23.3 Å². The van der Waals surface area contributed by atoms with Crippen LogP contribution >= 0.6 is 0 Å². The number of rotatable bonds is 5. The smallest absolute Gasteiger partial charge is 0.416 e. The Balaban J connectivity index is 1.56. The molecule has 0 spiro atoms. The summed E-state index contributed by atoms with van der Waals surface area (Å²) in [5.74, 6) is -0.0460. The molecule has 6 heteroatoms. The molecule has 0 fully saturated rings. The zero-order chi connectivity index (χ0) is 19.3. The van der Waals surface area contributed by atoms with Gasteiger partial charge in [-0.15, -0.1) is 0 Å². The summed E-state index contributed by atoms with van der Waals surface area (Å²) in [4.78, 5) is 11.9. The van der Waals surface area contributed by atoms with Crippen molar-refractivity contribution in [1.82, 2.24) is 0 Å². The van der Waals surface area contributed by atoms with Crippen LogP contribution in [0.15, 0.2) is 78.9 Å². The minimum Gasteiger partial charge on any atom is -0.484 e. The molecule has 0 aliphatic rings. The molecule has 0 unspecified atom stereocenters. The molecule has 0 radical (unpaired) electrons. The van der Waals surface area contributed by atoms with Crippen molar-refractivity contribution in [2.24, 2.45) is 0 Å². The van der Waals surface area contributed by atoms with Crippen LogP contribution in [-0.2, 0) is 11.0 Å². The first-order valence-corrected chi connectivity index (χ1v) is 8.17. The first-order valence-electron chi connectivity index (χ1n) is 8.17. The average Bonchev–Trinajstić information content (AvgIpc) is 2.67. The van der Waals surface area contributed by atoms with Crippen LogP contribution in [0.1, 0.15) is 5.56 Å². The van der Waals surface area contributed by atoms with Crippen molar-refractivity contribution >= 4 is 11.6 Å². The number of hydrogen-bond donors (Lipinski definition) is 1. The van der Waals surface area contributed by atoms with Crippen molar-refractivity contribution in [1.29, 1.82) is 0 Å². The van der Waals surface area contributed by atoms with Gasteiger partial charge < -0.3 is 10.1 Å². The summed E-state index contributed by atoms with van der Waals surface area (Å²) in [5.41, 5.74) is 1.32. The van der Waals surface area contributed by atoms with Crippen LogP contribution in [0.4, 0.5) is 18.9 Å². The van der Waals surface area contributed by atoms with Gasteiger partial charge >= 0.3 is 6.18 Å². The molecule has 3 aromatic rings. The third kappa shape index (κ3) is 5.10. The molecule has 3 nitrogen and oxygen atoms in total. The number of anilines is 1. The van der Waals surface area contributed by atoms with Crippen LogP contribution in [0.5, 0.6) is 5.75 Å². The molecule has 0 saturated carbocycles. The highest BCUT2D eigenvalue weighted by atomic mass is 19.4. The number of amides is 1. The third-order valence-corrected chi connectivity index (χ3v) is 3.81. The van der Waals surface area contributed by atoms with E-state index in [9.17, 15) is 18.0 Å². The first kappa shape index (κ1) is 18.5. The maximum atomic E-state index is 12.7. The zero-order valence-corrected chi connectivity index (χ0v) is 14.2. The Morgan fingerprint density at radius 2 is 1.52 bits per heavy atom. The Morgan fingerprint density at radius 1 is 0.852 bits per heavy atom. The van der Waals surface area contributed by atoms with E-state index in [0.29, 0.717) is 5.75 Å². The lowest BCUT2D eigenvalue weighted by atomic mass is 10.1. The summed E-state index contributed by atoms with van der Waals surface area (Å²) in [6, 6.07) is 21.5. The van der Waals surface area contributed by atoms with Crippen LogP contribution in [0, 0.1) is 0 Å². The molecule has 138 valence electrons. The van der Waals surface area contributed by atoms with Crippen molar-refractivity contribution < 1.29 is 22.7 Å². The number of hydrogen-bond acceptors (Lipinski definition) is 2. The summed E-state index contributed by atoms with van der Waals surface area (Å²) < 4.78 is 43.5. The highest BCUT2D eigenvalue weighted by Crippen LogP contribution is 2.30. The predicted octanol–water partition coefficient (Wildman–Crippen LogP) is 5.39. The maximum absolute atomic E-state index is 12.7. The molecule has 3 aromatic carbocycles. The lowest BCUT2D eigenvalue weighted by molar-refractivity contribution is -0.137. The van der Waals surface area contributed by atoms with Crippen LogP contribution in [0.3, 0.4) is 0 Å². The molecule has 0 bridgehead atoms. The fourth-order valence-electron chi connectivity index (χ4n) is 2.49. The molecule has 0 heterocycles. The number of nitrogens with one attached hydrogen (secondary N) is 1. The minimum absolute atomic E-state index is 0.0675. The average molecular weight is 371 g/mol. The van der Waals surface area contributed by atoms with Crippen LogP contribution < -0.4 is 10.1 Å². The minimum atomic E-state index is -4.46. The Hall–Kier alpha value is -3.28. The molecule has 27 heavy (non-hydrogen) atoms. The summed E-state index contributed by atoms with van der Waals surface area (Å²) in [5, 5.41) is 2.40. The van der Waals surface area contributed by atoms with Crippen LogP contribution in [0.25, 0.3) is 11.1 Å². The maximum Gasteiger partial charge on any atom is 0.416 e. The number of benzene rings is 3. The second-order valence-electron chi connectivity index (χ2n) is 5.81. The van der Waals surface area contributed by atoms with E-state index >= 15 is 0 Å². The van der Waals surface area contributed by atoms with Crippen molar-refractivity contribution in [2.75, 3.05) is 11.9 Å².